The maximum absolute atomic E-state index is 9.54. The van der Waals surface area contributed by atoms with Gasteiger partial charge in [-0.1, -0.05) is 43.0 Å². The van der Waals surface area contributed by atoms with Gasteiger partial charge < -0.3 is 5.11 Å². The largest absolute Gasteiger partial charge is 0.507 e. The fourth-order valence-electron chi connectivity index (χ4n) is 0.988. The molecule has 0 amide bonds. The number of hydrogen-bond acceptors (Lipinski definition) is 1. The summed E-state index contributed by atoms with van der Waals surface area (Å²) in [4.78, 5) is 0. The number of hydrogen-bond donors (Lipinski definition) is 1. The van der Waals surface area contributed by atoms with Gasteiger partial charge in [-0.3, -0.25) is 0 Å². The summed E-state index contributed by atoms with van der Waals surface area (Å²) in [6.45, 7) is 5.43. The van der Waals surface area contributed by atoms with Gasteiger partial charge in [0.1, 0.15) is 5.75 Å². The van der Waals surface area contributed by atoms with Gasteiger partial charge in [0.2, 0.25) is 0 Å². The first-order chi connectivity index (χ1) is 5.75. The molecule has 0 saturated carbocycles. The molecule has 1 heteroatoms. The second kappa shape index (κ2) is 3.77. The Morgan fingerprint density at radius 3 is 2.83 bits per heavy atom. The van der Waals surface area contributed by atoms with Crippen molar-refractivity contribution in [1.82, 2.24) is 0 Å². The van der Waals surface area contributed by atoms with E-state index < -0.39 is 0 Å². The van der Waals surface area contributed by atoms with Crippen molar-refractivity contribution < 1.29 is 5.11 Å². The van der Waals surface area contributed by atoms with E-state index in [0.717, 1.165) is 11.1 Å². The minimum atomic E-state index is 0.343. The highest BCUT2D eigenvalue weighted by molar-refractivity contribution is 5.59. The second-order valence-corrected chi connectivity index (χ2v) is 2.61. The molecule has 1 rings (SSSR count). The standard InChI is InChI=1S/C11H12O/c1-3-4-7-10-8-5-6-9(2)11(10)12/h3-8,12H,1H2,2H3/b7-4+. The highest BCUT2D eigenvalue weighted by Crippen LogP contribution is 2.22. The van der Waals surface area contributed by atoms with E-state index in [1.807, 2.05) is 31.2 Å². The highest BCUT2D eigenvalue weighted by Gasteiger charge is 1.97. The summed E-state index contributed by atoms with van der Waals surface area (Å²) in [5.41, 5.74) is 1.72. The molecule has 62 valence electrons. The average molecular weight is 160 g/mol. The zero-order valence-electron chi connectivity index (χ0n) is 7.12. The molecule has 0 atom stereocenters. The fourth-order valence-corrected chi connectivity index (χ4v) is 0.988. The lowest BCUT2D eigenvalue weighted by molar-refractivity contribution is 0.470. The Kier molecular flexibility index (Phi) is 2.70. The third-order valence-electron chi connectivity index (χ3n) is 1.68. The van der Waals surface area contributed by atoms with Crippen molar-refractivity contribution in [3.8, 4) is 5.75 Å². The summed E-state index contributed by atoms with van der Waals surface area (Å²) in [6, 6.07) is 5.65. The minimum Gasteiger partial charge on any atom is -0.507 e. The Bertz CT molecular complexity index is 311. The number of phenols is 1. The van der Waals surface area contributed by atoms with Gasteiger partial charge in [0.15, 0.2) is 0 Å². The maximum atomic E-state index is 9.54. The van der Waals surface area contributed by atoms with Gasteiger partial charge in [-0.25, -0.2) is 0 Å². The molecule has 0 unspecified atom stereocenters. The molecule has 0 aromatic heterocycles. The Hall–Kier alpha value is -1.50. The topological polar surface area (TPSA) is 20.2 Å². The number of aryl methyl sites for hydroxylation is 1. The first-order valence-electron chi connectivity index (χ1n) is 3.83. The van der Waals surface area contributed by atoms with Crippen molar-refractivity contribution in [3.63, 3.8) is 0 Å². The van der Waals surface area contributed by atoms with Crippen LogP contribution < -0.4 is 0 Å². The Balaban J connectivity index is 3.07. The van der Waals surface area contributed by atoms with Gasteiger partial charge >= 0.3 is 0 Å². The van der Waals surface area contributed by atoms with Crippen LogP contribution in [0.4, 0.5) is 0 Å². The molecule has 0 aliphatic carbocycles. The van der Waals surface area contributed by atoms with Crippen molar-refractivity contribution in [1.29, 1.82) is 0 Å². The Morgan fingerprint density at radius 2 is 2.17 bits per heavy atom. The highest BCUT2D eigenvalue weighted by atomic mass is 16.3. The number of aromatic hydroxyl groups is 1. The summed E-state index contributed by atoms with van der Waals surface area (Å²) >= 11 is 0. The molecule has 1 aromatic rings. The third kappa shape index (κ3) is 1.76. The molecular formula is C11H12O. The van der Waals surface area contributed by atoms with E-state index in [2.05, 4.69) is 6.58 Å². The van der Waals surface area contributed by atoms with Crippen molar-refractivity contribution in [2.75, 3.05) is 0 Å². The lowest BCUT2D eigenvalue weighted by atomic mass is 10.1. The van der Waals surface area contributed by atoms with Gasteiger partial charge in [-0.2, -0.15) is 0 Å². The van der Waals surface area contributed by atoms with Crippen LogP contribution in [-0.2, 0) is 0 Å². The maximum Gasteiger partial charge on any atom is 0.125 e. The first kappa shape index (κ1) is 8.60. The number of benzene rings is 1. The van der Waals surface area contributed by atoms with Crippen LogP contribution in [0.1, 0.15) is 11.1 Å². The average Bonchev–Trinajstić information content (AvgIpc) is 2.08. The fraction of sp³-hybridized carbons (Fsp3) is 0.0909. The molecule has 0 fully saturated rings. The van der Waals surface area contributed by atoms with E-state index >= 15 is 0 Å². The smallest absolute Gasteiger partial charge is 0.125 e. The Morgan fingerprint density at radius 1 is 1.42 bits per heavy atom. The van der Waals surface area contributed by atoms with Gasteiger partial charge in [0, 0.05) is 5.56 Å². The van der Waals surface area contributed by atoms with Crippen molar-refractivity contribution in [2.45, 2.75) is 6.92 Å². The van der Waals surface area contributed by atoms with Gasteiger partial charge in [-0.05, 0) is 12.5 Å². The molecular weight excluding hydrogens is 148 g/mol. The summed E-state index contributed by atoms with van der Waals surface area (Å²) in [7, 11) is 0. The summed E-state index contributed by atoms with van der Waals surface area (Å²) in [6.07, 6.45) is 5.31. The number of rotatable bonds is 2. The Labute approximate surface area is 72.7 Å². The molecule has 0 aliphatic heterocycles. The van der Waals surface area contributed by atoms with Crippen molar-refractivity contribution in [3.05, 3.63) is 48.1 Å². The van der Waals surface area contributed by atoms with Crippen LogP contribution in [0.15, 0.2) is 36.9 Å². The quantitative estimate of drug-likeness (QED) is 0.659. The molecule has 0 bridgehead atoms. The lowest BCUT2D eigenvalue weighted by Crippen LogP contribution is -1.78. The third-order valence-corrected chi connectivity index (χ3v) is 1.68. The van der Waals surface area contributed by atoms with Crippen LogP contribution in [0.3, 0.4) is 0 Å². The number of allylic oxidation sites excluding steroid dienone is 2. The van der Waals surface area contributed by atoms with Gasteiger partial charge in [-0.15, -0.1) is 0 Å². The SMILES string of the molecule is C=C/C=C/c1cccc(C)c1O. The normalized spacial score (nSPS) is 10.4. The van der Waals surface area contributed by atoms with Gasteiger partial charge in [0.05, 0.1) is 0 Å². The van der Waals surface area contributed by atoms with E-state index in [0.29, 0.717) is 5.75 Å². The van der Waals surface area contributed by atoms with E-state index in [4.69, 9.17) is 0 Å². The van der Waals surface area contributed by atoms with E-state index in [9.17, 15) is 5.11 Å². The van der Waals surface area contributed by atoms with Crippen LogP contribution in [0.5, 0.6) is 5.75 Å². The molecule has 0 spiro atoms. The number of phenolic OH excluding ortho intramolecular Hbond substituents is 1. The minimum absolute atomic E-state index is 0.343. The second-order valence-electron chi connectivity index (χ2n) is 2.61. The van der Waals surface area contributed by atoms with Crippen molar-refractivity contribution in [2.24, 2.45) is 0 Å². The monoisotopic (exact) mass is 160 g/mol. The first-order valence-corrected chi connectivity index (χ1v) is 3.83. The van der Waals surface area contributed by atoms with Crippen LogP contribution in [-0.4, -0.2) is 5.11 Å². The van der Waals surface area contributed by atoms with Crippen LogP contribution in [0, 0.1) is 6.92 Å². The van der Waals surface area contributed by atoms with Crippen LogP contribution in [0.2, 0.25) is 0 Å². The molecule has 0 heterocycles. The predicted molar refractivity (Wildman–Crippen MR) is 52.1 cm³/mol. The zero-order valence-corrected chi connectivity index (χ0v) is 7.12. The molecule has 1 N–H and O–H groups in total. The van der Waals surface area contributed by atoms with E-state index in [1.165, 1.54) is 0 Å². The van der Waals surface area contributed by atoms with E-state index in [1.54, 1.807) is 12.2 Å². The summed E-state index contributed by atoms with van der Waals surface area (Å²) in [5.74, 6) is 0.343. The molecule has 1 nitrogen and oxygen atoms in total. The molecule has 0 aliphatic rings. The van der Waals surface area contributed by atoms with Crippen LogP contribution in [0.25, 0.3) is 6.08 Å². The predicted octanol–water partition coefficient (Wildman–Crippen LogP) is 2.90. The number of para-hydroxylation sites is 1. The molecule has 0 radical (unpaired) electrons. The van der Waals surface area contributed by atoms with Crippen LogP contribution >= 0.6 is 0 Å². The summed E-state index contributed by atoms with van der Waals surface area (Å²) in [5, 5.41) is 9.54. The van der Waals surface area contributed by atoms with Gasteiger partial charge in [0.25, 0.3) is 0 Å². The lowest BCUT2D eigenvalue weighted by Gasteiger charge is -2.00. The molecule has 12 heavy (non-hydrogen) atoms. The summed E-state index contributed by atoms with van der Waals surface area (Å²) < 4.78 is 0. The van der Waals surface area contributed by atoms with Crippen molar-refractivity contribution >= 4 is 6.08 Å². The van der Waals surface area contributed by atoms with E-state index in [-0.39, 0.29) is 0 Å². The zero-order chi connectivity index (χ0) is 8.97. The molecule has 1 aromatic carbocycles. The molecule has 0 saturated heterocycles.